The number of para-hydroxylation sites is 1. The molecule has 0 saturated carbocycles. The van der Waals surface area contributed by atoms with Gasteiger partial charge in [-0.3, -0.25) is 9.89 Å². The molecule has 2 saturated heterocycles. The summed E-state index contributed by atoms with van der Waals surface area (Å²) in [5.41, 5.74) is 1.35. The van der Waals surface area contributed by atoms with Gasteiger partial charge in [0.25, 0.3) is 0 Å². The third-order valence-corrected chi connectivity index (χ3v) is 5.55. The number of morpholine rings is 1. The molecule has 4 rings (SSSR count). The van der Waals surface area contributed by atoms with Gasteiger partial charge in [-0.05, 0) is 17.7 Å². The summed E-state index contributed by atoms with van der Waals surface area (Å²) < 4.78 is 11.9. The molecule has 154 valence electrons. The molecule has 0 aromatic heterocycles. The minimum absolute atomic E-state index is 0.228. The highest BCUT2D eigenvalue weighted by Crippen LogP contribution is 2.24. The maximum absolute atomic E-state index is 6.09. The van der Waals surface area contributed by atoms with Gasteiger partial charge >= 0.3 is 0 Å². The number of hydrogen-bond acceptors (Lipinski definition) is 4. The summed E-state index contributed by atoms with van der Waals surface area (Å²) in [5.74, 6) is 1.81. The molecule has 2 aromatic rings. The summed E-state index contributed by atoms with van der Waals surface area (Å²) in [6.07, 6.45) is 0.228. The van der Waals surface area contributed by atoms with Crippen molar-refractivity contribution in [2.45, 2.75) is 18.7 Å². The van der Waals surface area contributed by atoms with Crippen molar-refractivity contribution >= 4 is 5.96 Å². The van der Waals surface area contributed by atoms with Gasteiger partial charge in [-0.25, -0.2) is 0 Å². The molecule has 29 heavy (non-hydrogen) atoms. The summed E-state index contributed by atoms with van der Waals surface area (Å²) in [5, 5.41) is 3.43. The highest BCUT2D eigenvalue weighted by molar-refractivity contribution is 5.80. The van der Waals surface area contributed by atoms with Crippen molar-refractivity contribution in [2.75, 3.05) is 46.4 Å². The van der Waals surface area contributed by atoms with Crippen LogP contribution in [-0.4, -0.2) is 74.3 Å². The van der Waals surface area contributed by atoms with E-state index in [1.54, 1.807) is 0 Å². The quantitative estimate of drug-likeness (QED) is 0.463. The molecule has 2 unspecified atom stereocenters. The van der Waals surface area contributed by atoms with Crippen molar-refractivity contribution in [1.29, 1.82) is 0 Å². The zero-order valence-corrected chi connectivity index (χ0v) is 17.0. The molecule has 2 aliphatic rings. The zero-order chi connectivity index (χ0) is 19.9. The van der Waals surface area contributed by atoms with Gasteiger partial charge < -0.3 is 19.7 Å². The normalized spacial score (nSPS) is 22.4. The van der Waals surface area contributed by atoms with Crippen LogP contribution in [-0.2, 0) is 11.3 Å². The lowest BCUT2D eigenvalue weighted by Crippen LogP contribution is -2.50. The van der Waals surface area contributed by atoms with Crippen LogP contribution in [0.5, 0.6) is 5.75 Å². The van der Waals surface area contributed by atoms with Gasteiger partial charge in [0.2, 0.25) is 0 Å². The SMILES string of the molecule is CN=C(NCCOc1ccccc1)N1CC2OCCN(Cc3ccccc3)C2C1. The molecule has 6 heteroatoms. The fourth-order valence-corrected chi connectivity index (χ4v) is 4.13. The maximum atomic E-state index is 6.09. The van der Waals surface area contributed by atoms with Gasteiger partial charge in [0.05, 0.1) is 25.3 Å². The predicted octanol–water partition coefficient (Wildman–Crippen LogP) is 2.23. The molecule has 0 spiro atoms. The minimum atomic E-state index is 0.228. The number of fused-ring (bicyclic) bond motifs is 1. The van der Waals surface area contributed by atoms with E-state index in [0.29, 0.717) is 19.2 Å². The van der Waals surface area contributed by atoms with Gasteiger partial charge in [-0.15, -0.1) is 0 Å². The van der Waals surface area contributed by atoms with Gasteiger partial charge in [0.1, 0.15) is 12.4 Å². The Kier molecular flexibility index (Phi) is 6.64. The lowest BCUT2D eigenvalue weighted by atomic mass is 10.1. The smallest absolute Gasteiger partial charge is 0.193 e. The largest absolute Gasteiger partial charge is 0.492 e. The van der Waals surface area contributed by atoms with E-state index in [9.17, 15) is 0 Å². The first-order chi connectivity index (χ1) is 14.3. The van der Waals surface area contributed by atoms with E-state index in [1.165, 1.54) is 5.56 Å². The second kappa shape index (κ2) is 9.76. The number of likely N-dealkylation sites (tertiary alicyclic amines) is 1. The van der Waals surface area contributed by atoms with Crippen LogP contribution in [0.4, 0.5) is 0 Å². The first kappa shape index (κ1) is 19.7. The van der Waals surface area contributed by atoms with Crippen LogP contribution in [0, 0.1) is 0 Å². The number of aliphatic imine (C=N–C) groups is 1. The van der Waals surface area contributed by atoms with E-state index in [4.69, 9.17) is 9.47 Å². The lowest BCUT2D eigenvalue weighted by Gasteiger charge is -2.36. The standard InChI is InChI=1S/C23H30N4O2/c1-24-23(25-12-14-28-20-10-6-3-7-11-20)27-17-21-22(18-27)29-15-13-26(21)16-19-8-4-2-5-9-19/h2-11,21-22H,12-18H2,1H3,(H,24,25). The molecule has 2 heterocycles. The third kappa shape index (κ3) is 5.08. The van der Waals surface area contributed by atoms with E-state index < -0.39 is 0 Å². The van der Waals surface area contributed by atoms with Crippen LogP contribution in [0.15, 0.2) is 65.7 Å². The third-order valence-electron chi connectivity index (χ3n) is 5.55. The van der Waals surface area contributed by atoms with Crippen LogP contribution < -0.4 is 10.1 Å². The molecular formula is C23H30N4O2. The molecule has 0 bridgehead atoms. The van der Waals surface area contributed by atoms with Crippen molar-refractivity contribution in [3.05, 3.63) is 66.2 Å². The summed E-state index contributed by atoms with van der Waals surface area (Å²) in [7, 11) is 1.84. The summed E-state index contributed by atoms with van der Waals surface area (Å²) in [6, 6.07) is 21.0. The Bertz CT molecular complexity index is 784. The van der Waals surface area contributed by atoms with Crippen LogP contribution >= 0.6 is 0 Å². The Morgan fingerprint density at radius 1 is 1.10 bits per heavy atom. The molecular weight excluding hydrogens is 364 g/mol. The van der Waals surface area contributed by atoms with Gasteiger partial charge in [0, 0.05) is 33.2 Å². The Morgan fingerprint density at radius 2 is 1.86 bits per heavy atom. The minimum Gasteiger partial charge on any atom is -0.492 e. The van der Waals surface area contributed by atoms with Crippen molar-refractivity contribution in [3.8, 4) is 5.75 Å². The number of guanidine groups is 1. The number of nitrogens with zero attached hydrogens (tertiary/aromatic N) is 3. The van der Waals surface area contributed by atoms with Gasteiger partial charge in [0.15, 0.2) is 5.96 Å². The summed E-state index contributed by atoms with van der Waals surface area (Å²) in [6.45, 7) is 5.84. The average molecular weight is 395 g/mol. The lowest BCUT2D eigenvalue weighted by molar-refractivity contribution is -0.0502. The van der Waals surface area contributed by atoms with Crippen molar-refractivity contribution in [2.24, 2.45) is 4.99 Å². The second-order valence-electron chi connectivity index (χ2n) is 7.47. The van der Waals surface area contributed by atoms with E-state index in [1.807, 2.05) is 37.4 Å². The molecule has 2 aromatic carbocycles. The molecule has 6 nitrogen and oxygen atoms in total. The molecule has 2 aliphatic heterocycles. The second-order valence-corrected chi connectivity index (χ2v) is 7.47. The van der Waals surface area contributed by atoms with Gasteiger partial charge in [-0.1, -0.05) is 48.5 Å². The Morgan fingerprint density at radius 3 is 2.62 bits per heavy atom. The highest BCUT2D eigenvalue weighted by Gasteiger charge is 2.41. The van der Waals surface area contributed by atoms with Crippen LogP contribution in [0.1, 0.15) is 5.56 Å². The van der Waals surface area contributed by atoms with Crippen LogP contribution in [0.2, 0.25) is 0 Å². The van der Waals surface area contributed by atoms with E-state index in [2.05, 4.69) is 50.4 Å². The molecule has 0 radical (unpaired) electrons. The number of ether oxygens (including phenoxy) is 2. The van der Waals surface area contributed by atoms with Crippen molar-refractivity contribution in [3.63, 3.8) is 0 Å². The fourth-order valence-electron chi connectivity index (χ4n) is 4.13. The Balaban J connectivity index is 1.29. The number of hydrogen-bond donors (Lipinski definition) is 1. The van der Waals surface area contributed by atoms with Crippen LogP contribution in [0.3, 0.4) is 0 Å². The maximum Gasteiger partial charge on any atom is 0.193 e. The molecule has 2 fully saturated rings. The van der Waals surface area contributed by atoms with E-state index >= 15 is 0 Å². The first-order valence-corrected chi connectivity index (χ1v) is 10.4. The average Bonchev–Trinajstić information content (AvgIpc) is 3.20. The zero-order valence-electron chi connectivity index (χ0n) is 17.0. The van der Waals surface area contributed by atoms with Crippen molar-refractivity contribution in [1.82, 2.24) is 15.1 Å². The topological polar surface area (TPSA) is 49.3 Å². The molecule has 1 N–H and O–H groups in total. The number of nitrogens with one attached hydrogen (secondary N) is 1. The predicted molar refractivity (Wildman–Crippen MR) is 115 cm³/mol. The summed E-state index contributed by atoms with van der Waals surface area (Å²) in [4.78, 5) is 9.34. The number of rotatable bonds is 6. The van der Waals surface area contributed by atoms with Gasteiger partial charge in [-0.2, -0.15) is 0 Å². The Labute approximate surface area is 173 Å². The molecule has 0 aliphatic carbocycles. The number of benzene rings is 2. The van der Waals surface area contributed by atoms with Crippen LogP contribution in [0.25, 0.3) is 0 Å². The van der Waals surface area contributed by atoms with E-state index in [0.717, 1.165) is 44.5 Å². The molecule has 2 atom stereocenters. The highest BCUT2D eigenvalue weighted by atomic mass is 16.5. The van der Waals surface area contributed by atoms with Crippen molar-refractivity contribution < 1.29 is 9.47 Å². The van der Waals surface area contributed by atoms with E-state index in [-0.39, 0.29) is 6.10 Å². The fraction of sp³-hybridized carbons (Fsp3) is 0.435. The first-order valence-electron chi connectivity index (χ1n) is 10.4. The summed E-state index contributed by atoms with van der Waals surface area (Å²) >= 11 is 0. The monoisotopic (exact) mass is 394 g/mol. The Hall–Kier alpha value is -2.57. The molecule has 0 amide bonds.